The number of nitrogens with zero attached hydrogens (tertiary/aromatic N) is 4. The first-order valence-electron chi connectivity index (χ1n) is 7.02. The summed E-state index contributed by atoms with van der Waals surface area (Å²) in [5, 5.41) is 3.00. The molecule has 0 saturated heterocycles. The lowest BCUT2D eigenvalue weighted by molar-refractivity contribution is 0.903. The van der Waals surface area contributed by atoms with Gasteiger partial charge < -0.3 is 9.72 Å². The third-order valence-electron chi connectivity index (χ3n) is 3.81. The summed E-state index contributed by atoms with van der Waals surface area (Å²) in [5.74, 6) is 0.681. The maximum Gasteiger partial charge on any atom is 0.222 e. The van der Waals surface area contributed by atoms with Crippen molar-refractivity contribution in [2.24, 2.45) is 0 Å². The number of aromatic nitrogens is 4. The summed E-state index contributed by atoms with van der Waals surface area (Å²) in [4.78, 5) is 13.2. The van der Waals surface area contributed by atoms with E-state index in [9.17, 15) is 0 Å². The number of rotatable bonds is 2. The molecule has 0 bridgehead atoms. The molecule has 0 atom stereocenters. The lowest BCUT2D eigenvalue weighted by atomic mass is 9.92. The largest absolute Gasteiger partial charge is 0.357 e. The Kier molecular flexibility index (Phi) is 2.70. The normalized spacial score (nSPS) is 13.9. The number of pyridine rings is 1. The molecular weight excluding hydrogens is 262 g/mol. The third-order valence-corrected chi connectivity index (χ3v) is 3.81. The second kappa shape index (κ2) is 4.70. The fourth-order valence-corrected chi connectivity index (χ4v) is 2.77. The van der Waals surface area contributed by atoms with E-state index in [1.807, 2.05) is 36.1 Å². The van der Waals surface area contributed by atoms with Crippen molar-refractivity contribution in [2.45, 2.75) is 12.8 Å². The van der Waals surface area contributed by atoms with Crippen LogP contribution in [-0.2, 0) is 6.42 Å². The average molecular weight is 277 g/mol. The van der Waals surface area contributed by atoms with Crippen LogP contribution in [0.1, 0.15) is 23.2 Å². The van der Waals surface area contributed by atoms with Gasteiger partial charge in [0.2, 0.25) is 5.95 Å². The van der Waals surface area contributed by atoms with Crippen molar-refractivity contribution in [1.82, 2.24) is 19.4 Å². The molecule has 4 rings (SSSR count). The zero-order valence-electron chi connectivity index (χ0n) is 11.7. The molecule has 0 saturated carbocycles. The van der Waals surface area contributed by atoms with E-state index in [1.54, 1.807) is 0 Å². The lowest BCUT2D eigenvalue weighted by Crippen LogP contribution is -2.08. The lowest BCUT2D eigenvalue weighted by Gasteiger charge is -2.17. The molecule has 104 valence electrons. The van der Waals surface area contributed by atoms with Gasteiger partial charge in [-0.15, -0.1) is 0 Å². The molecule has 1 N–H and O–H groups in total. The van der Waals surface area contributed by atoms with Gasteiger partial charge in [-0.05, 0) is 36.1 Å². The molecule has 0 fully saturated rings. The topological polar surface area (TPSA) is 55.1 Å². The van der Waals surface area contributed by atoms with E-state index in [1.165, 1.54) is 11.1 Å². The van der Waals surface area contributed by atoms with Crippen LogP contribution in [0.15, 0.2) is 43.0 Å². The van der Waals surface area contributed by atoms with Gasteiger partial charge in [0.25, 0.3) is 0 Å². The van der Waals surface area contributed by atoms with Gasteiger partial charge in [-0.2, -0.15) is 0 Å². The Balaban J connectivity index is 1.84. The van der Waals surface area contributed by atoms with E-state index in [2.05, 4.69) is 38.6 Å². The monoisotopic (exact) mass is 277 g/mol. The number of imidazole rings is 1. The van der Waals surface area contributed by atoms with Crippen LogP contribution < -0.4 is 5.32 Å². The number of aryl methyl sites for hydroxylation is 1. The molecule has 3 aromatic heterocycles. The summed E-state index contributed by atoms with van der Waals surface area (Å²) in [7, 11) is 1.84. The van der Waals surface area contributed by atoms with Gasteiger partial charge in [0.05, 0.1) is 5.69 Å². The van der Waals surface area contributed by atoms with Crippen molar-refractivity contribution in [3.05, 3.63) is 59.8 Å². The molecule has 3 aromatic rings. The maximum atomic E-state index is 4.58. The van der Waals surface area contributed by atoms with Crippen LogP contribution in [0.4, 0.5) is 5.95 Å². The van der Waals surface area contributed by atoms with Crippen molar-refractivity contribution < 1.29 is 0 Å². The molecule has 0 spiro atoms. The quantitative estimate of drug-likeness (QED) is 0.782. The van der Waals surface area contributed by atoms with Crippen molar-refractivity contribution in [3.8, 4) is 0 Å². The second-order valence-electron chi connectivity index (χ2n) is 5.07. The summed E-state index contributed by atoms with van der Waals surface area (Å²) in [5.41, 5.74) is 5.56. The number of fused-ring (bicyclic) bond motifs is 2. The molecule has 3 heterocycles. The molecular formula is C16H15N5. The molecule has 1 aliphatic carbocycles. The molecule has 0 aromatic carbocycles. The second-order valence-corrected chi connectivity index (χ2v) is 5.07. The van der Waals surface area contributed by atoms with Crippen molar-refractivity contribution in [1.29, 1.82) is 0 Å². The summed E-state index contributed by atoms with van der Waals surface area (Å²) in [6, 6.07) is 4.14. The van der Waals surface area contributed by atoms with E-state index in [-0.39, 0.29) is 0 Å². The number of anilines is 1. The van der Waals surface area contributed by atoms with Gasteiger partial charge in [0, 0.05) is 37.4 Å². The fraction of sp³-hybridized carbons (Fsp3) is 0.188. The highest BCUT2D eigenvalue weighted by Gasteiger charge is 2.17. The molecule has 0 aliphatic heterocycles. The van der Waals surface area contributed by atoms with Crippen LogP contribution in [0.3, 0.4) is 0 Å². The smallest absolute Gasteiger partial charge is 0.222 e. The van der Waals surface area contributed by atoms with Gasteiger partial charge in [-0.1, -0.05) is 6.08 Å². The standard InChI is InChI=1S/C16H15N5/c1-17-16-19-9-13-12(3-2-4-14(13)20-16)11-5-6-15-18-7-8-21(15)10-11/h3,5-10H,2,4H2,1H3,(H,17,19,20). The summed E-state index contributed by atoms with van der Waals surface area (Å²) in [6.07, 6.45) is 12.0. The number of hydrogen-bond acceptors (Lipinski definition) is 4. The van der Waals surface area contributed by atoms with E-state index in [4.69, 9.17) is 0 Å². The van der Waals surface area contributed by atoms with Crippen molar-refractivity contribution >= 4 is 17.2 Å². The predicted molar refractivity (Wildman–Crippen MR) is 82.2 cm³/mol. The number of hydrogen-bond donors (Lipinski definition) is 1. The third kappa shape index (κ3) is 1.98. The molecule has 0 unspecified atom stereocenters. The van der Waals surface area contributed by atoms with E-state index in [0.717, 1.165) is 29.7 Å². The first-order chi connectivity index (χ1) is 10.3. The summed E-state index contributed by atoms with van der Waals surface area (Å²) < 4.78 is 2.03. The van der Waals surface area contributed by atoms with Gasteiger partial charge in [-0.25, -0.2) is 15.0 Å². The first-order valence-corrected chi connectivity index (χ1v) is 7.02. The van der Waals surface area contributed by atoms with Crippen molar-refractivity contribution in [2.75, 3.05) is 12.4 Å². The zero-order chi connectivity index (χ0) is 14.2. The van der Waals surface area contributed by atoms with Crippen LogP contribution >= 0.6 is 0 Å². The maximum absolute atomic E-state index is 4.58. The number of nitrogens with one attached hydrogen (secondary N) is 1. The van der Waals surface area contributed by atoms with Crippen LogP contribution in [0.2, 0.25) is 0 Å². The van der Waals surface area contributed by atoms with E-state index < -0.39 is 0 Å². The molecule has 5 nitrogen and oxygen atoms in total. The highest BCUT2D eigenvalue weighted by atomic mass is 15.1. The van der Waals surface area contributed by atoms with E-state index >= 15 is 0 Å². The summed E-state index contributed by atoms with van der Waals surface area (Å²) >= 11 is 0. The fourth-order valence-electron chi connectivity index (χ4n) is 2.77. The molecule has 0 radical (unpaired) electrons. The molecule has 21 heavy (non-hydrogen) atoms. The highest BCUT2D eigenvalue weighted by molar-refractivity contribution is 5.82. The van der Waals surface area contributed by atoms with Gasteiger partial charge in [0.15, 0.2) is 0 Å². The summed E-state index contributed by atoms with van der Waals surface area (Å²) in [6.45, 7) is 0. The Morgan fingerprint density at radius 3 is 3.10 bits per heavy atom. The van der Waals surface area contributed by atoms with Crippen LogP contribution in [-0.4, -0.2) is 26.4 Å². The molecule has 1 aliphatic rings. The van der Waals surface area contributed by atoms with Gasteiger partial charge in [-0.3, -0.25) is 0 Å². The zero-order valence-corrected chi connectivity index (χ0v) is 11.7. The average Bonchev–Trinajstić information content (AvgIpc) is 3.01. The van der Waals surface area contributed by atoms with Crippen LogP contribution in [0.5, 0.6) is 0 Å². The highest BCUT2D eigenvalue weighted by Crippen LogP contribution is 2.30. The molecule has 0 amide bonds. The minimum atomic E-state index is 0.681. The SMILES string of the molecule is CNc1ncc2c(n1)CCC=C2c1ccc2nccn2c1. The van der Waals surface area contributed by atoms with Gasteiger partial charge >= 0.3 is 0 Å². The minimum Gasteiger partial charge on any atom is -0.357 e. The van der Waals surface area contributed by atoms with Crippen LogP contribution in [0, 0.1) is 0 Å². The predicted octanol–water partition coefficient (Wildman–Crippen LogP) is 2.54. The van der Waals surface area contributed by atoms with Crippen LogP contribution in [0.25, 0.3) is 11.2 Å². The Labute approximate surface area is 122 Å². The van der Waals surface area contributed by atoms with E-state index in [0.29, 0.717) is 5.95 Å². The minimum absolute atomic E-state index is 0.681. The van der Waals surface area contributed by atoms with Gasteiger partial charge in [0.1, 0.15) is 5.65 Å². The first kappa shape index (κ1) is 12.1. The molecule has 5 heteroatoms. The number of allylic oxidation sites excluding steroid dienone is 1. The Morgan fingerprint density at radius 1 is 1.24 bits per heavy atom. The Bertz CT molecular complexity index is 847. The Morgan fingerprint density at radius 2 is 2.19 bits per heavy atom. The Hall–Kier alpha value is -2.69. The van der Waals surface area contributed by atoms with Crippen molar-refractivity contribution in [3.63, 3.8) is 0 Å².